The fourth-order valence-corrected chi connectivity index (χ4v) is 4.47. The van der Waals surface area contributed by atoms with Gasteiger partial charge in [-0.15, -0.1) is 0 Å². The average molecular weight is 607 g/mol. The first kappa shape index (κ1) is 33.6. The second-order valence-corrected chi connectivity index (χ2v) is 10.2. The highest BCUT2D eigenvalue weighted by Crippen LogP contribution is 2.17. The molecule has 234 valence electrons. The van der Waals surface area contributed by atoms with Crippen LogP contribution in [0.2, 0.25) is 0 Å². The Bertz CT molecular complexity index is 1700. The second-order valence-electron chi connectivity index (χ2n) is 10.2. The van der Waals surface area contributed by atoms with Crippen LogP contribution in [0.3, 0.4) is 0 Å². The van der Waals surface area contributed by atoms with Crippen LogP contribution in [0.5, 0.6) is 0 Å². The highest BCUT2D eigenvalue weighted by molar-refractivity contribution is 5.94. The van der Waals surface area contributed by atoms with Crippen LogP contribution in [0.15, 0.2) is 88.7 Å². The summed E-state index contributed by atoms with van der Waals surface area (Å²) in [6.45, 7) is 4.59. The number of fused-ring (bicyclic) bond motifs is 1. The molecule has 0 bridgehead atoms. The van der Waals surface area contributed by atoms with E-state index in [-0.39, 0.29) is 11.6 Å². The number of aliphatic hydroxyl groups is 2. The molecule has 0 aliphatic rings. The van der Waals surface area contributed by atoms with Crippen molar-refractivity contribution < 1.29 is 24.9 Å². The Labute approximate surface area is 253 Å². The van der Waals surface area contributed by atoms with E-state index < -0.39 is 35.8 Å². The molecule has 44 heavy (non-hydrogen) atoms. The molecule has 0 radical (unpaired) electrons. The van der Waals surface area contributed by atoms with Crippen LogP contribution in [0.4, 0.5) is 0 Å². The van der Waals surface area contributed by atoms with Crippen molar-refractivity contribution in [3.8, 4) is 0 Å². The van der Waals surface area contributed by atoms with Gasteiger partial charge in [0.15, 0.2) is 11.2 Å². The average Bonchev–Trinajstić information content (AvgIpc) is 3.46. The van der Waals surface area contributed by atoms with Gasteiger partial charge in [-0.05, 0) is 25.0 Å². The number of rotatable bonds is 11. The molecule has 4 atom stereocenters. The van der Waals surface area contributed by atoms with Gasteiger partial charge in [-0.3, -0.25) is 18.7 Å². The van der Waals surface area contributed by atoms with E-state index in [1.165, 1.54) is 11.6 Å². The number of amides is 1. The number of benzene rings is 2. The van der Waals surface area contributed by atoms with Gasteiger partial charge < -0.3 is 30.5 Å². The molecule has 5 N–H and O–H groups in total. The van der Waals surface area contributed by atoms with Crippen LogP contribution >= 0.6 is 0 Å². The third-order valence-corrected chi connectivity index (χ3v) is 7.01. The van der Waals surface area contributed by atoms with Gasteiger partial charge in [0.1, 0.15) is 0 Å². The molecule has 0 saturated carbocycles. The molecule has 2 aromatic heterocycles. The zero-order valence-corrected chi connectivity index (χ0v) is 25.0. The minimum absolute atomic E-state index is 0.153. The lowest BCUT2D eigenvalue weighted by Gasteiger charge is -2.20. The van der Waals surface area contributed by atoms with Crippen molar-refractivity contribution in [3.63, 3.8) is 0 Å². The highest BCUT2D eigenvalue weighted by atomic mass is 16.4. The van der Waals surface area contributed by atoms with E-state index in [1.54, 1.807) is 49.1 Å². The number of carboxylic acid groups (broad SMARTS) is 1. The van der Waals surface area contributed by atoms with Crippen molar-refractivity contribution in [2.45, 2.75) is 44.7 Å². The first-order chi connectivity index (χ1) is 20.9. The number of hydrogen-bond acceptors (Lipinski definition) is 8. The molecule has 4 unspecified atom stereocenters. The highest BCUT2D eigenvalue weighted by Gasteiger charge is 2.18. The second kappa shape index (κ2) is 15.6. The van der Waals surface area contributed by atoms with Crippen molar-refractivity contribution in [2.24, 2.45) is 14.1 Å². The maximum Gasteiger partial charge on any atom is 0.332 e. The van der Waals surface area contributed by atoms with E-state index in [9.17, 15) is 29.4 Å². The number of aliphatic carboxylic acids is 1. The van der Waals surface area contributed by atoms with Gasteiger partial charge >= 0.3 is 11.7 Å². The summed E-state index contributed by atoms with van der Waals surface area (Å²) in [5, 5.41) is 34.5. The van der Waals surface area contributed by atoms with Crippen LogP contribution in [-0.2, 0) is 30.2 Å². The topological polar surface area (TPSA) is 181 Å². The Balaban J connectivity index is 0.000000259. The lowest BCUT2D eigenvalue weighted by molar-refractivity contribution is -0.131. The molecule has 4 rings (SSSR count). The number of aliphatic hydroxyl groups excluding tert-OH is 2. The fraction of sp³-hybridized carbons (Fsp3) is 0.323. The van der Waals surface area contributed by atoms with E-state index in [1.807, 2.05) is 43.3 Å². The summed E-state index contributed by atoms with van der Waals surface area (Å²) < 4.78 is 4.17. The Morgan fingerprint density at radius 3 is 1.95 bits per heavy atom. The number of hydrogen-bond donors (Lipinski definition) is 5. The van der Waals surface area contributed by atoms with Crippen molar-refractivity contribution >= 4 is 23.0 Å². The Kier molecular flexibility index (Phi) is 11.9. The molecule has 2 heterocycles. The maximum atomic E-state index is 12.4. The Morgan fingerprint density at radius 1 is 0.864 bits per heavy atom. The van der Waals surface area contributed by atoms with Crippen LogP contribution in [0, 0.1) is 0 Å². The Hall–Kier alpha value is -4.85. The lowest BCUT2D eigenvalue weighted by atomic mass is 10.0. The number of aromatic nitrogens is 4. The molecule has 13 heteroatoms. The fourth-order valence-electron chi connectivity index (χ4n) is 4.47. The molecule has 2 aromatic carbocycles. The third kappa shape index (κ3) is 8.60. The summed E-state index contributed by atoms with van der Waals surface area (Å²) >= 11 is 0. The molecular weight excluding hydrogens is 568 g/mol. The minimum atomic E-state index is -1.19. The largest absolute Gasteiger partial charge is 0.478 e. The predicted molar refractivity (Wildman–Crippen MR) is 165 cm³/mol. The first-order valence-electron chi connectivity index (χ1n) is 13.9. The minimum Gasteiger partial charge on any atom is -0.478 e. The van der Waals surface area contributed by atoms with Crippen molar-refractivity contribution in [1.29, 1.82) is 0 Å². The smallest absolute Gasteiger partial charge is 0.332 e. The van der Waals surface area contributed by atoms with Gasteiger partial charge in [-0.1, -0.05) is 60.7 Å². The van der Waals surface area contributed by atoms with Gasteiger partial charge in [0.05, 0.1) is 24.6 Å². The van der Waals surface area contributed by atoms with E-state index in [0.717, 1.165) is 22.3 Å². The molecule has 0 saturated heterocycles. The van der Waals surface area contributed by atoms with Gasteiger partial charge in [0.2, 0.25) is 5.91 Å². The molecule has 13 nitrogen and oxygen atoms in total. The summed E-state index contributed by atoms with van der Waals surface area (Å²) in [5.74, 6) is -1.75. The zero-order chi connectivity index (χ0) is 32.4. The van der Waals surface area contributed by atoms with Gasteiger partial charge in [0.25, 0.3) is 5.56 Å². The quantitative estimate of drug-likeness (QED) is 0.156. The molecule has 0 fully saturated rings. The number of imidazole rings is 1. The van der Waals surface area contributed by atoms with Gasteiger partial charge in [-0.2, -0.15) is 0 Å². The number of nitrogens with zero attached hydrogens (tertiary/aromatic N) is 4. The summed E-state index contributed by atoms with van der Waals surface area (Å²) in [4.78, 5) is 50.1. The van der Waals surface area contributed by atoms with Gasteiger partial charge in [-0.25, -0.2) is 14.6 Å². The predicted octanol–water partition coefficient (Wildman–Crippen LogP) is 1.01. The van der Waals surface area contributed by atoms with E-state index in [4.69, 9.17) is 5.11 Å². The maximum absolute atomic E-state index is 12.4. The summed E-state index contributed by atoms with van der Waals surface area (Å²) in [5.41, 5.74) is 1.54. The Morgan fingerprint density at radius 2 is 1.41 bits per heavy atom. The summed E-state index contributed by atoms with van der Waals surface area (Å²) in [7, 11) is 3.05. The molecule has 1 amide bonds. The number of carboxylic acids is 1. The first-order valence-corrected chi connectivity index (χ1v) is 13.9. The van der Waals surface area contributed by atoms with E-state index in [2.05, 4.69) is 15.6 Å². The normalized spacial score (nSPS) is 14.0. The molecular formula is C31H38N6O7. The number of aryl methyl sites for hydroxylation is 1. The van der Waals surface area contributed by atoms with E-state index in [0.29, 0.717) is 29.8 Å². The standard InChI is InChI=1S/C18H23N5O3.C13H15NO4/c1-12(15(24)13-7-5-4-6-8-13)19-9-10-23-11-20-16-14(23)17(25)22(3)18(26)21(16)2;1-9(14-11(15)7-8-12(16)17)13(18)10-5-3-2-4-6-10/h4-8,11-12,15,19,24H,9-10H2,1-3H3;2-9,13,18H,1H3,(H,14,15)(H,16,17)/b;8-7+. The lowest BCUT2D eigenvalue weighted by Crippen LogP contribution is -2.38. The van der Waals surface area contributed by atoms with Gasteiger partial charge in [0, 0.05) is 45.4 Å². The van der Waals surface area contributed by atoms with Crippen LogP contribution < -0.4 is 21.9 Å². The molecule has 0 spiro atoms. The van der Waals surface area contributed by atoms with Crippen LogP contribution in [0.1, 0.15) is 37.2 Å². The number of carbonyl (C=O) groups is 2. The van der Waals surface area contributed by atoms with Crippen molar-refractivity contribution in [1.82, 2.24) is 29.3 Å². The molecule has 0 aliphatic heterocycles. The molecule has 0 aliphatic carbocycles. The number of carbonyl (C=O) groups excluding carboxylic acids is 1. The van der Waals surface area contributed by atoms with Crippen LogP contribution in [-0.4, -0.2) is 64.5 Å². The third-order valence-electron chi connectivity index (χ3n) is 7.01. The van der Waals surface area contributed by atoms with Crippen molar-refractivity contribution in [3.05, 3.63) is 111 Å². The molecule has 4 aromatic rings. The number of nitrogens with one attached hydrogen (secondary N) is 2. The monoisotopic (exact) mass is 606 g/mol. The SMILES string of the molecule is CC(NC(=O)/C=C/C(=O)O)C(O)c1ccccc1.CC(NCCn1cnc2c1c(=O)n(C)c(=O)n2C)C(O)c1ccccc1. The zero-order valence-electron chi connectivity index (χ0n) is 25.0. The van der Waals surface area contributed by atoms with Crippen molar-refractivity contribution in [2.75, 3.05) is 6.54 Å². The summed E-state index contributed by atoms with van der Waals surface area (Å²) in [6.07, 6.45) is 1.76. The van der Waals surface area contributed by atoms with E-state index >= 15 is 0 Å². The van der Waals surface area contributed by atoms with Crippen LogP contribution in [0.25, 0.3) is 11.2 Å². The summed E-state index contributed by atoms with van der Waals surface area (Å²) in [6, 6.07) is 17.7.